The zero-order valence-corrected chi connectivity index (χ0v) is 18.3. The fourth-order valence-corrected chi connectivity index (χ4v) is 4.15. The Kier molecular flexibility index (Phi) is 6.91. The molecule has 3 rings (SSSR count). The minimum Gasteiger partial charge on any atom is -0.468 e. The summed E-state index contributed by atoms with van der Waals surface area (Å²) >= 11 is 0. The minimum absolute atomic E-state index is 0.0339. The van der Waals surface area contributed by atoms with Gasteiger partial charge >= 0.3 is 11.9 Å². The number of ether oxygens (including phenoxy) is 3. The Morgan fingerprint density at radius 3 is 1.94 bits per heavy atom. The minimum atomic E-state index is -1.63. The molecule has 1 aliphatic rings. The lowest BCUT2D eigenvalue weighted by Gasteiger charge is -2.42. The number of hydrogen-bond donors (Lipinski definition) is 0. The molecule has 6 heteroatoms. The highest BCUT2D eigenvalue weighted by atomic mass is 16.5. The highest BCUT2D eigenvalue weighted by Gasteiger charge is 2.58. The number of ketones is 1. The van der Waals surface area contributed by atoms with E-state index in [2.05, 4.69) is 0 Å². The molecule has 1 saturated heterocycles. The maximum absolute atomic E-state index is 13.0. The highest BCUT2D eigenvalue weighted by Crippen LogP contribution is 2.47. The monoisotopic (exact) mass is 424 g/mol. The van der Waals surface area contributed by atoms with E-state index in [-0.39, 0.29) is 25.2 Å². The second kappa shape index (κ2) is 9.43. The van der Waals surface area contributed by atoms with Crippen molar-refractivity contribution in [2.75, 3.05) is 20.8 Å². The highest BCUT2D eigenvalue weighted by molar-refractivity contribution is 6.02. The van der Waals surface area contributed by atoms with Crippen molar-refractivity contribution >= 4 is 17.7 Å². The lowest BCUT2D eigenvalue weighted by Crippen LogP contribution is -2.53. The molecule has 1 heterocycles. The van der Waals surface area contributed by atoms with E-state index in [0.717, 1.165) is 16.7 Å². The molecule has 0 radical (unpaired) electrons. The number of rotatable bonds is 6. The number of benzene rings is 2. The number of carbonyl (C=O) groups is 3. The van der Waals surface area contributed by atoms with Gasteiger partial charge in [0.15, 0.2) is 11.2 Å². The van der Waals surface area contributed by atoms with Gasteiger partial charge in [-0.1, -0.05) is 59.7 Å². The van der Waals surface area contributed by atoms with Crippen molar-refractivity contribution in [1.29, 1.82) is 0 Å². The van der Waals surface area contributed by atoms with Gasteiger partial charge in [0.25, 0.3) is 0 Å². The van der Waals surface area contributed by atoms with E-state index < -0.39 is 29.4 Å². The summed E-state index contributed by atoms with van der Waals surface area (Å²) < 4.78 is 16.1. The van der Waals surface area contributed by atoms with Crippen LogP contribution in [0.1, 0.15) is 46.0 Å². The molecule has 2 atom stereocenters. The molecule has 0 aliphatic carbocycles. The van der Waals surface area contributed by atoms with Crippen LogP contribution in [-0.2, 0) is 23.8 Å². The van der Waals surface area contributed by atoms with Crippen LogP contribution in [0.2, 0.25) is 0 Å². The van der Waals surface area contributed by atoms with Crippen LogP contribution in [0.25, 0.3) is 0 Å². The molecule has 164 valence electrons. The number of esters is 2. The molecule has 2 aromatic rings. The molecule has 0 amide bonds. The van der Waals surface area contributed by atoms with E-state index in [4.69, 9.17) is 14.2 Å². The van der Waals surface area contributed by atoms with Crippen LogP contribution < -0.4 is 0 Å². The number of carbonyl (C=O) groups excluding carboxylic acids is 3. The van der Waals surface area contributed by atoms with Gasteiger partial charge in [0, 0.05) is 24.3 Å². The van der Waals surface area contributed by atoms with Crippen LogP contribution in [0.15, 0.2) is 48.5 Å². The molecule has 1 fully saturated rings. The SMILES string of the molecule is COC(=O)C1(C(=O)OC)C[C@H](c2ccc(C)cc2)OC[C@@H]1CC(=O)c1ccc(C)cc1. The quantitative estimate of drug-likeness (QED) is 0.396. The lowest BCUT2D eigenvalue weighted by molar-refractivity contribution is -0.189. The topological polar surface area (TPSA) is 78.9 Å². The molecule has 0 aromatic heterocycles. The van der Waals surface area contributed by atoms with Crippen LogP contribution in [0.3, 0.4) is 0 Å². The van der Waals surface area contributed by atoms with Crippen molar-refractivity contribution < 1.29 is 28.6 Å². The normalized spacial score (nSPS) is 20.0. The van der Waals surface area contributed by atoms with Crippen LogP contribution >= 0.6 is 0 Å². The van der Waals surface area contributed by atoms with Gasteiger partial charge in [0.05, 0.1) is 26.9 Å². The molecule has 2 aromatic carbocycles. The number of aryl methyl sites for hydroxylation is 2. The Labute approximate surface area is 182 Å². The van der Waals surface area contributed by atoms with E-state index in [9.17, 15) is 14.4 Å². The Morgan fingerprint density at radius 2 is 1.42 bits per heavy atom. The van der Waals surface area contributed by atoms with Gasteiger partial charge in [-0.25, -0.2) is 0 Å². The van der Waals surface area contributed by atoms with Crippen molar-refractivity contribution in [3.8, 4) is 0 Å². The number of Topliss-reactive ketones (excluding diaryl/α,β-unsaturated/α-hetero) is 1. The first-order chi connectivity index (χ1) is 14.8. The van der Waals surface area contributed by atoms with Gasteiger partial charge in [-0.05, 0) is 19.4 Å². The molecule has 0 bridgehead atoms. The first-order valence-corrected chi connectivity index (χ1v) is 10.3. The summed E-state index contributed by atoms with van der Waals surface area (Å²) in [7, 11) is 2.48. The first-order valence-electron chi connectivity index (χ1n) is 10.3. The Bertz CT molecular complexity index is 929. The van der Waals surface area contributed by atoms with Gasteiger partial charge in [-0.3, -0.25) is 14.4 Å². The summed E-state index contributed by atoms with van der Waals surface area (Å²) in [5.74, 6) is -2.29. The first kappa shape index (κ1) is 22.7. The van der Waals surface area contributed by atoms with Crippen molar-refractivity contribution in [2.45, 2.75) is 32.8 Å². The van der Waals surface area contributed by atoms with Gasteiger partial charge in [0.1, 0.15) is 0 Å². The average molecular weight is 424 g/mol. The third-order valence-electron chi connectivity index (χ3n) is 6.06. The average Bonchev–Trinajstić information content (AvgIpc) is 2.79. The van der Waals surface area contributed by atoms with Gasteiger partial charge in [-0.2, -0.15) is 0 Å². The Balaban J connectivity index is 1.95. The smallest absolute Gasteiger partial charge is 0.323 e. The molecule has 6 nitrogen and oxygen atoms in total. The summed E-state index contributed by atoms with van der Waals surface area (Å²) in [6.07, 6.45) is -0.487. The van der Waals surface area contributed by atoms with Crippen LogP contribution in [0, 0.1) is 25.2 Å². The maximum atomic E-state index is 13.0. The molecule has 0 saturated carbocycles. The van der Waals surface area contributed by atoms with E-state index in [0.29, 0.717) is 5.56 Å². The largest absolute Gasteiger partial charge is 0.468 e. The van der Waals surface area contributed by atoms with Crippen LogP contribution in [0.5, 0.6) is 0 Å². The van der Waals surface area contributed by atoms with Gasteiger partial charge in [-0.15, -0.1) is 0 Å². The number of methoxy groups -OCH3 is 2. The van der Waals surface area contributed by atoms with Gasteiger partial charge < -0.3 is 14.2 Å². The van der Waals surface area contributed by atoms with Crippen molar-refractivity contribution in [3.05, 3.63) is 70.8 Å². The molecular formula is C25H28O6. The van der Waals surface area contributed by atoms with Crippen molar-refractivity contribution in [3.63, 3.8) is 0 Å². The van der Waals surface area contributed by atoms with Crippen LogP contribution in [0.4, 0.5) is 0 Å². The second-order valence-corrected chi connectivity index (χ2v) is 8.08. The fourth-order valence-electron chi connectivity index (χ4n) is 4.15. The van der Waals surface area contributed by atoms with Crippen molar-refractivity contribution in [1.82, 2.24) is 0 Å². The predicted molar refractivity (Wildman–Crippen MR) is 115 cm³/mol. The Hall–Kier alpha value is -2.99. The van der Waals surface area contributed by atoms with Crippen molar-refractivity contribution in [2.24, 2.45) is 11.3 Å². The van der Waals surface area contributed by atoms with E-state index in [1.165, 1.54) is 14.2 Å². The van der Waals surface area contributed by atoms with E-state index in [1.807, 2.05) is 50.2 Å². The standard InChI is InChI=1S/C25H28O6/c1-16-5-9-18(10-6-16)21(26)13-20-15-31-22(19-11-7-17(2)8-12-19)14-25(20,23(27)29-3)24(28)30-4/h5-12,20,22H,13-15H2,1-4H3/t20-,22+/m0/s1. The zero-order valence-electron chi connectivity index (χ0n) is 18.3. The zero-order chi connectivity index (χ0) is 22.6. The predicted octanol–water partition coefficient (Wildman–Crippen LogP) is 3.99. The Morgan fingerprint density at radius 1 is 0.903 bits per heavy atom. The molecule has 0 unspecified atom stereocenters. The summed E-state index contributed by atoms with van der Waals surface area (Å²) in [6, 6.07) is 14.9. The molecule has 31 heavy (non-hydrogen) atoms. The maximum Gasteiger partial charge on any atom is 0.323 e. The molecule has 0 N–H and O–H groups in total. The third kappa shape index (κ3) is 4.54. The lowest BCUT2D eigenvalue weighted by atomic mass is 9.67. The second-order valence-electron chi connectivity index (χ2n) is 8.08. The van der Waals surface area contributed by atoms with Gasteiger partial charge in [0.2, 0.25) is 0 Å². The summed E-state index contributed by atoms with van der Waals surface area (Å²) in [5.41, 5.74) is 1.88. The summed E-state index contributed by atoms with van der Waals surface area (Å²) in [5, 5.41) is 0. The van der Waals surface area contributed by atoms with Crippen LogP contribution in [-0.4, -0.2) is 38.5 Å². The third-order valence-corrected chi connectivity index (χ3v) is 6.06. The molecule has 0 spiro atoms. The molecular weight excluding hydrogens is 396 g/mol. The molecule has 1 aliphatic heterocycles. The van der Waals surface area contributed by atoms with E-state index in [1.54, 1.807) is 12.1 Å². The summed E-state index contributed by atoms with van der Waals surface area (Å²) in [4.78, 5) is 39.0. The fraction of sp³-hybridized carbons (Fsp3) is 0.400. The number of hydrogen-bond acceptors (Lipinski definition) is 6. The van der Waals surface area contributed by atoms with E-state index >= 15 is 0 Å². The summed E-state index contributed by atoms with van der Waals surface area (Å²) in [6.45, 7) is 3.97.